The van der Waals surface area contributed by atoms with Crippen LogP contribution in [0.5, 0.6) is 0 Å². The Kier molecular flexibility index (Phi) is 7.89. The molecule has 1 aliphatic heterocycles. The van der Waals surface area contributed by atoms with Gasteiger partial charge in [-0.3, -0.25) is 14.5 Å². The second kappa shape index (κ2) is 11.6. The van der Waals surface area contributed by atoms with E-state index < -0.39 is 6.10 Å². The van der Waals surface area contributed by atoms with Gasteiger partial charge >= 0.3 is 0 Å². The van der Waals surface area contributed by atoms with E-state index in [0.29, 0.717) is 56.1 Å². The predicted molar refractivity (Wildman–Crippen MR) is 148 cm³/mol. The summed E-state index contributed by atoms with van der Waals surface area (Å²) in [5.74, 6) is -0.0363. The maximum atomic E-state index is 13.5. The number of piperazine rings is 1. The number of nitrogens with zero attached hydrogens (tertiary/aromatic N) is 3. The van der Waals surface area contributed by atoms with E-state index in [1.54, 1.807) is 19.2 Å². The Morgan fingerprint density at radius 2 is 1.66 bits per heavy atom. The highest BCUT2D eigenvalue weighted by Crippen LogP contribution is 2.36. The Balaban J connectivity index is 1.47. The van der Waals surface area contributed by atoms with Gasteiger partial charge in [-0.1, -0.05) is 54.6 Å². The highest BCUT2D eigenvalue weighted by Gasteiger charge is 2.24. The number of carbonyl (C=O) groups excluding carboxylic acids is 2. The van der Waals surface area contributed by atoms with E-state index in [0.717, 1.165) is 33.9 Å². The lowest BCUT2D eigenvalue weighted by Gasteiger charge is -2.35. The van der Waals surface area contributed by atoms with Gasteiger partial charge in [0.15, 0.2) is 6.29 Å². The number of hydrogen-bond donors (Lipinski definition) is 1. The van der Waals surface area contributed by atoms with Gasteiger partial charge in [-0.15, -0.1) is 0 Å². The topological polar surface area (TPSA) is 83.0 Å². The minimum absolute atomic E-state index is 0.0363. The molecule has 1 N–H and O–H groups in total. The summed E-state index contributed by atoms with van der Waals surface area (Å²) in [7, 11) is 1.57. The van der Waals surface area contributed by atoms with E-state index in [4.69, 9.17) is 4.74 Å². The van der Waals surface area contributed by atoms with Crippen LogP contribution in [0.25, 0.3) is 33.2 Å². The van der Waals surface area contributed by atoms with E-state index in [9.17, 15) is 14.7 Å². The summed E-state index contributed by atoms with van der Waals surface area (Å²) in [6.07, 6.45) is 0.222. The maximum absolute atomic E-state index is 13.5. The van der Waals surface area contributed by atoms with Crippen LogP contribution in [0.4, 0.5) is 0 Å². The van der Waals surface area contributed by atoms with Gasteiger partial charge in [0.1, 0.15) is 5.69 Å². The first kappa shape index (κ1) is 25.7. The number of aliphatic hydroxyl groups excluding tert-OH is 1. The Bertz CT molecular complexity index is 1430. The van der Waals surface area contributed by atoms with Crippen molar-refractivity contribution < 1.29 is 19.4 Å². The van der Waals surface area contributed by atoms with Crippen LogP contribution in [0, 0.1) is 0 Å². The Morgan fingerprint density at radius 3 is 2.37 bits per heavy atom. The minimum Gasteiger partial charge on any atom is -0.389 e. The van der Waals surface area contributed by atoms with Gasteiger partial charge in [-0.2, -0.15) is 0 Å². The molecule has 2 heterocycles. The summed E-state index contributed by atoms with van der Waals surface area (Å²) in [6, 6.07) is 25.5. The van der Waals surface area contributed by atoms with Crippen LogP contribution in [0.15, 0.2) is 78.9 Å². The highest BCUT2D eigenvalue weighted by molar-refractivity contribution is 6.05. The Morgan fingerprint density at radius 1 is 0.947 bits per heavy atom. The van der Waals surface area contributed by atoms with Gasteiger partial charge in [0.25, 0.3) is 5.91 Å². The number of aliphatic hydroxyl groups is 1. The molecule has 5 rings (SSSR count). The van der Waals surface area contributed by atoms with Gasteiger partial charge in [0.2, 0.25) is 0 Å². The molecule has 38 heavy (non-hydrogen) atoms. The number of carbonyl (C=O) groups is 2. The van der Waals surface area contributed by atoms with Crippen molar-refractivity contribution in [3.8, 4) is 22.3 Å². The molecule has 0 aliphatic carbocycles. The van der Waals surface area contributed by atoms with Crippen molar-refractivity contribution in [2.45, 2.75) is 6.10 Å². The second-order valence-corrected chi connectivity index (χ2v) is 9.56. The summed E-state index contributed by atoms with van der Waals surface area (Å²) < 4.78 is 5.02. The Labute approximate surface area is 222 Å². The molecule has 194 valence electrons. The lowest BCUT2D eigenvalue weighted by molar-refractivity contribution is 0.0232. The normalized spacial score (nSPS) is 14.9. The molecule has 1 amide bonds. The number of amides is 1. The fraction of sp³-hybridized carbons (Fsp3) is 0.258. The van der Waals surface area contributed by atoms with Crippen LogP contribution in [-0.4, -0.2) is 84.6 Å². The standard InChI is InChI=1S/C31H31N3O4/c1-38-21-25(36)19-33-13-15-34(16-14-33)31(37)23-11-12-30-29(17-23)28(18-24(20-35)32-30)27-10-6-5-9-26(27)22-7-3-2-4-8-22/h2-12,17-18,20,25,36H,13-16,19,21H2,1H3. The monoisotopic (exact) mass is 509 g/mol. The lowest BCUT2D eigenvalue weighted by Crippen LogP contribution is -2.50. The van der Waals surface area contributed by atoms with Crippen molar-refractivity contribution in [3.63, 3.8) is 0 Å². The van der Waals surface area contributed by atoms with E-state index in [1.165, 1.54) is 0 Å². The summed E-state index contributed by atoms with van der Waals surface area (Å²) >= 11 is 0. The first-order valence-electron chi connectivity index (χ1n) is 12.8. The van der Waals surface area contributed by atoms with Gasteiger partial charge in [0.05, 0.1) is 18.2 Å². The van der Waals surface area contributed by atoms with Crippen molar-refractivity contribution in [2.24, 2.45) is 0 Å². The number of rotatable bonds is 8. The third-order valence-corrected chi connectivity index (χ3v) is 6.99. The number of methoxy groups -OCH3 is 1. The molecule has 7 heteroatoms. The molecule has 7 nitrogen and oxygen atoms in total. The molecule has 1 fully saturated rings. The molecule has 0 bridgehead atoms. The van der Waals surface area contributed by atoms with Gasteiger partial charge < -0.3 is 14.7 Å². The molecule has 1 aromatic heterocycles. The van der Waals surface area contributed by atoms with E-state index in [2.05, 4.69) is 28.1 Å². The first-order chi connectivity index (χ1) is 18.6. The molecular formula is C31H31N3O4. The Hall–Kier alpha value is -3.91. The number of β-amino-alcohol motifs (C(OH)–C–C–N with tert-alkyl or cyclic N) is 1. The number of aromatic nitrogens is 1. The number of benzene rings is 3. The zero-order valence-electron chi connectivity index (χ0n) is 21.4. The maximum Gasteiger partial charge on any atom is 0.253 e. The van der Waals surface area contributed by atoms with Crippen molar-refractivity contribution >= 4 is 23.1 Å². The molecule has 0 radical (unpaired) electrons. The number of aldehydes is 1. The van der Waals surface area contributed by atoms with Gasteiger partial charge in [-0.05, 0) is 46.5 Å². The molecule has 1 unspecified atom stereocenters. The van der Waals surface area contributed by atoms with Gasteiger partial charge in [-0.25, -0.2) is 4.98 Å². The minimum atomic E-state index is -0.538. The fourth-order valence-electron chi connectivity index (χ4n) is 5.11. The van der Waals surface area contributed by atoms with Crippen LogP contribution in [-0.2, 0) is 4.74 Å². The van der Waals surface area contributed by atoms with Crippen LogP contribution in [0.2, 0.25) is 0 Å². The van der Waals surface area contributed by atoms with E-state index in [1.807, 2.05) is 53.4 Å². The molecule has 0 spiro atoms. The predicted octanol–water partition coefficient (Wildman–Crippen LogP) is 4.15. The van der Waals surface area contributed by atoms with Gasteiger partial charge in [0, 0.05) is 50.8 Å². The van der Waals surface area contributed by atoms with Crippen molar-refractivity contribution in [2.75, 3.05) is 46.4 Å². The molecule has 1 aliphatic rings. The lowest BCUT2D eigenvalue weighted by atomic mass is 9.91. The van der Waals surface area contributed by atoms with Crippen LogP contribution in [0.1, 0.15) is 20.8 Å². The molecule has 1 atom stereocenters. The average molecular weight is 510 g/mol. The molecule has 0 saturated carbocycles. The SMILES string of the molecule is COCC(O)CN1CCN(C(=O)c2ccc3nc(C=O)cc(-c4ccccc4-c4ccccc4)c3c2)CC1. The zero-order valence-corrected chi connectivity index (χ0v) is 21.4. The first-order valence-corrected chi connectivity index (χ1v) is 12.8. The highest BCUT2D eigenvalue weighted by atomic mass is 16.5. The summed E-state index contributed by atoms with van der Waals surface area (Å²) in [4.78, 5) is 33.8. The average Bonchev–Trinajstić information content (AvgIpc) is 2.97. The number of pyridine rings is 1. The van der Waals surface area contributed by atoms with E-state index in [-0.39, 0.29) is 5.91 Å². The number of hydrogen-bond acceptors (Lipinski definition) is 6. The fourth-order valence-corrected chi connectivity index (χ4v) is 5.11. The third-order valence-electron chi connectivity index (χ3n) is 6.99. The zero-order chi connectivity index (χ0) is 26.5. The smallest absolute Gasteiger partial charge is 0.253 e. The third kappa shape index (κ3) is 5.50. The molecular weight excluding hydrogens is 478 g/mol. The summed E-state index contributed by atoms with van der Waals surface area (Å²) in [5, 5.41) is 10.9. The van der Waals surface area contributed by atoms with Crippen LogP contribution < -0.4 is 0 Å². The second-order valence-electron chi connectivity index (χ2n) is 9.56. The molecule has 4 aromatic rings. The number of ether oxygens (including phenoxy) is 1. The van der Waals surface area contributed by atoms with Crippen LogP contribution in [0.3, 0.4) is 0 Å². The molecule has 3 aromatic carbocycles. The van der Waals surface area contributed by atoms with E-state index >= 15 is 0 Å². The largest absolute Gasteiger partial charge is 0.389 e. The summed E-state index contributed by atoms with van der Waals surface area (Å²) in [5.41, 5.74) is 5.55. The van der Waals surface area contributed by atoms with Crippen LogP contribution >= 0.6 is 0 Å². The number of fused-ring (bicyclic) bond motifs is 1. The summed E-state index contributed by atoms with van der Waals surface area (Å²) in [6.45, 7) is 3.39. The van der Waals surface area contributed by atoms with Crippen molar-refractivity contribution in [1.82, 2.24) is 14.8 Å². The molecule has 1 saturated heterocycles. The van der Waals surface area contributed by atoms with Crippen molar-refractivity contribution in [1.29, 1.82) is 0 Å². The quantitative estimate of drug-likeness (QED) is 0.360. The van der Waals surface area contributed by atoms with Crippen molar-refractivity contribution in [3.05, 3.63) is 90.1 Å².